The van der Waals surface area contributed by atoms with Gasteiger partial charge in [0.25, 0.3) is 0 Å². The number of hydrogen-bond donors (Lipinski definition) is 2. The highest BCUT2D eigenvalue weighted by Crippen LogP contribution is 2.32. The number of carboxylic acids is 1. The van der Waals surface area contributed by atoms with Crippen molar-refractivity contribution in [3.8, 4) is 0 Å². The van der Waals surface area contributed by atoms with Crippen LogP contribution < -0.4 is 5.73 Å². The number of aromatic nitrogens is 1. The number of nitrogens with two attached hydrogens (primary N) is 1. The molecule has 3 N–H and O–H groups in total. The molecular formula is C18H26N2O2. The monoisotopic (exact) mass is 302 g/mol. The van der Waals surface area contributed by atoms with Gasteiger partial charge in [-0.1, -0.05) is 20.8 Å². The fraction of sp³-hybridized carbons (Fsp3) is 0.500. The number of benzene rings is 1. The summed E-state index contributed by atoms with van der Waals surface area (Å²) in [4.78, 5) is 11.8. The number of aromatic carboxylic acids is 1. The van der Waals surface area contributed by atoms with Gasteiger partial charge >= 0.3 is 5.97 Å². The second-order valence-corrected chi connectivity index (χ2v) is 6.18. The Balaban J connectivity index is 2.90. The van der Waals surface area contributed by atoms with E-state index >= 15 is 0 Å². The van der Waals surface area contributed by atoms with Crippen molar-refractivity contribution in [1.82, 2.24) is 4.57 Å². The molecule has 0 saturated heterocycles. The minimum absolute atomic E-state index is 0.294. The molecule has 0 fully saturated rings. The lowest BCUT2D eigenvalue weighted by atomic mass is 9.96. The van der Waals surface area contributed by atoms with E-state index in [-0.39, 0.29) is 0 Å². The number of rotatable bonds is 6. The minimum atomic E-state index is -0.860. The van der Waals surface area contributed by atoms with Gasteiger partial charge in [-0.3, -0.25) is 0 Å². The van der Waals surface area contributed by atoms with Gasteiger partial charge in [-0.15, -0.1) is 0 Å². The third-order valence-corrected chi connectivity index (χ3v) is 4.31. The highest BCUT2D eigenvalue weighted by molar-refractivity contribution is 6.04. The van der Waals surface area contributed by atoms with Gasteiger partial charge < -0.3 is 15.4 Å². The van der Waals surface area contributed by atoms with Crippen LogP contribution in [0.15, 0.2) is 12.1 Å². The molecule has 0 bridgehead atoms. The second-order valence-electron chi connectivity index (χ2n) is 6.18. The van der Waals surface area contributed by atoms with Crippen LogP contribution in [0.3, 0.4) is 0 Å². The molecule has 0 radical (unpaired) electrons. The van der Waals surface area contributed by atoms with Crippen LogP contribution in [-0.4, -0.2) is 22.2 Å². The summed E-state index contributed by atoms with van der Waals surface area (Å²) < 4.78 is 2.15. The van der Waals surface area contributed by atoms with Crippen LogP contribution in [0.1, 0.15) is 60.3 Å². The van der Waals surface area contributed by atoms with Gasteiger partial charge in [0.1, 0.15) is 0 Å². The molecule has 0 aliphatic heterocycles. The van der Waals surface area contributed by atoms with Gasteiger partial charge in [0.05, 0.1) is 11.1 Å². The first-order valence-electron chi connectivity index (χ1n) is 8.01. The molecule has 1 aromatic heterocycles. The topological polar surface area (TPSA) is 68.2 Å². The van der Waals surface area contributed by atoms with E-state index in [0.29, 0.717) is 18.0 Å². The maximum absolute atomic E-state index is 11.8. The molecular weight excluding hydrogens is 276 g/mol. The Morgan fingerprint density at radius 1 is 1.36 bits per heavy atom. The molecule has 4 heteroatoms. The lowest BCUT2D eigenvalue weighted by Gasteiger charge is -2.11. The summed E-state index contributed by atoms with van der Waals surface area (Å²) in [5, 5.41) is 10.7. The Labute approximate surface area is 131 Å². The van der Waals surface area contributed by atoms with Crippen LogP contribution in [0.25, 0.3) is 10.9 Å². The van der Waals surface area contributed by atoms with E-state index in [4.69, 9.17) is 5.73 Å². The number of nitrogens with zero attached hydrogens (tertiary/aromatic N) is 1. The van der Waals surface area contributed by atoms with Crippen molar-refractivity contribution in [3.05, 3.63) is 34.5 Å². The molecule has 0 saturated carbocycles. The standard InChI is InChI=1S/C18H26N2O2/c1-5-8-20-12(4)14(6-7-19)15-9-13(11(2)3)10-16(17(15)20)18(21)22/h9-11H,5-8,19H2,1-4H3,(H,21,22). The van der Waals surface area contributed by atoms with Gasteiger partial charge in [0.15, 0.2) is 0 Å². The van der Waals surface area contributed by atoms with Crippen LogP contribution in [0.2, 0.25) is 0 Å². The Hall–Kier alpha value is -1.81. The summed E-state index contributed by atoms with van der Waals surface area (Å²) in [7, 11) is 0. The maximum atomic E-state index is 11.8. The summed E-state index contributed by atoms with van der Waals surface area (Å²) in [6.45, 7) is 9.75. The molecule has 0 unspecified atom stereocenters. The van der Waals surface area contributed by atoms with E-state index in [1.807, 2.05) is 6.07 Å². The molecule has 120 valence electrons. The first kappa shape index (κ1) is 16.6. The molecule has 0 atom stereocenters. The van der Waals surface area contributed by atoms with Crippen LogP contribution in [-0.2, 0) is 13.0 Å². The number of aryl methyl sites for hydroxylation is 1. The van der Waals surface area contributed by atoms with Gasteiger partial charge in [-0.05, 0) is 55.5 Å². The van der Waals surface area contributed by atoms with Crippen molar-refractivity contribution >= 4 is 16.9 Å². The van der Waals surface area contributed by atoms with Gasteiger partial charge in [-0.25, -0.2) is 4.79 Å². The number of hydrogen-bond acceptors (Lipinski definition) is 2. The van der Waals surface area contributed by atoms with E-state index in [1.54, 1.807) is 0 Å². The van der Waals surface area contributed by atoms with Crippen molar-refractivity contribution in [3.63, 3.8) is 0 Å². The predicted octanol–water partition coefficient (Wildman–Crippen LogP) is 3.68. The molecule has 0 spiro atoms. The molecule has 0 aliphatic rings. The average Bonchev–Trinajstić information content (AvgIpc) is 2.72. The van der Waals surface area contributed by atoms with Crippen molar-refractivity contribution in [2.45, 2.75) is 53.0 Å². The summed E-state index contributed by atoms with van der Waals surface area (Å²) in [6.07, 6.45) is 1.75. The summed E-state index contributed by atoms with van der Waals surface area (Å²) in [5.74, 6) is -0.565. The Morgan fingerprint density at radius 2 is 2.05 bits per heavy atom. The summed E-state index contributed by atoms with van der Waals surface area (Å²) >= 11 is 0. The molecule has 2 aromatic rings. The van der Waals surface area contributed by atoms with Crippen molar-refractivity contribution in [1.29, 1.82) is 0 Å². The van der Waals surface area contributed by atoms with Gasteiger partial charge in [0, 0.05) is 17.6 Å². The van der Waals surface area contributed by atoms with E-state index < -0.39 is 5.97 Å². The molecule has 4 nitrogen and oxygen atoms in total. The van der Waals surface area contributed by atoms with E-state index in [9.17, 15) is 9.90 Å². The average molecular weight is 302 g/mol. The zero-order valence-electron chi connectivity index (χ0n) is 13.9. The van der Waals surface area contributed by atoms with E-state index in [2.05, 4.69) is 38.3 Å². The maximum Gasteiger partial charge on any atom is 0.337 e. The zero-order valence-corrected chi connectivity index (χ0v) is 13.9. The molecule has 1 heterocycles. The third kappa shape index (κ3) is 2.75. The second kappa shape index (κ2) is 6.53. The zero-order chi connectivity index (χ0) is 16.4. The van der Waals surface area contributed by atoms with E-state index in [1.165, 1.54) is 5.56 Å². The molecule has 0 amide bonds. The SMILES string of the molecule is CCCn1c(C)c(CCN)c2cc(C(C)C)cc(C(=O)O)c21. The Morgan fingerprint density at radius 3 is 2.55 bits per heavy atom. The van der Waals surface area contributed by atoms with Crippen molar-refractivity contribution in [2.24, 2.45) is 5.73 Å². The Kier molecular flexibility index (Phi) is 4.91. The van der Waals surface area contributed by atoms with Gasteiger partial charge in [0.2, 0.25) is 0 Å². The fourth-order valence-corrected chi connectivity index (χ4v) is 3.16. The van der Waals surface area contributed by atoms with Gasteiger partial charge in [-0.2, -0.15) is 0 Å². The first-order chi connectivity index (χ1) is 10.4. The third-order valence-electron chi connectivity index (χ3n) is 4.31. The summed E-state index contributed by atoms with van der Waals surface area (Å²) in [5.41, 5.74) is 10.4. The molecule has 1 aromatic carbocycles. The lowest BCUT2D eigenvalue weighted by molar-refractivity contribution is 0.0698. The summed E-state index contributed by atoms with van der Waals surface area (Å²) in [6, 6.07) is 3.98. The van der Waals surface area contributed by atoms with Crippen molar-refractivity contribution < 1.29 is 9.90 Å². The first-order valence-corrected chi connectivity index (χ1v) is 8.01. The van der Waals surface area contributed by atoms with Crippen LogP contribution in [0.5, 0.6) is 0 Å². The molecule has 2 rings (SSSR count). The van der Waals surface area contributed by atoms with Crippen LogP contribution in [0.4, 0.5) is 0 Å². The number of carboxylic acid groups (broad SMARTS) is 1. The largest absolute Gasteiger partial charge is 0.478 e. The molecule has 0 aliphatic carbocycles. The predicted molar refractivity (Wildman–Crippen MR) is 90.8 cm³/mol. The number of fused-ring (bicyclic) bond motifs is 1. The minimum Gasteiger partial charge on any atom is -0.478 e. The quantitative estimate of drug-likeness (QED) is 0.855. The fourth-order valence-electron chi connectivity index (χ4n) is 3.16. The normalized spacial score (nSPS) is 11.5. The Bertz CT molecular complexity index is 699. The smallest absolute Gasteiger partial charge is 0.337 e. The lowest BCUT2D eigenvalue weighted by Crippen LogP contribution is -2.06. The van der Waals surface area contributed by atoms with Crippen LogP contribution in [0, 0.1) is 6.92 Å². The highest BCUT2D eigenvalue weighted by atomic mass is 16.4. The van der Waals surface area contributed by atoms with Crippen LogP contribution >= 0.6 is 0 Å². The van der Waals surface area contributed by atoms with Crippen molar-refractivity contribution in [2.75, 3.05) is 6.54 Å². The molecule has 22 heavy (non-hydrogen) atoms. The highest BCUT2D eigenvalue weighted by Gasteiger charge is 2.21. The number of carbonyl (C=O) groups is 1. The van der Waals surface area contributed by atoms with E-state index in [0.717, 1.165) is 41.5 Å².